The van der Waals surface area contributed by atoms with Crippen molar-refractivity contribution in [1.82, 2.24) is 0 Å². The fourth-order valence-electron chi connectivity index (χ4n) is 2.08. The summed E-state index contributed by atoms with van der Waals surface area (Å²) in [4.78, 5) is 2.05. The molecule has 0 saturated carbocycles. The molecule has 0 unspecified atom stereocenters. The molecule has 0 atom stereocenters. The number of benzene rings is 2. The van der Waals surface area contributed by atoms with Crippen LogP contribution in [-0.2, 0) is 0 Å². The second-order valence-electron chi connectivity index (χ2n) is 4.08. The molecule has 0 aliphatic carbocycles. The van der Waals surface area contributed by atoms with E-state index in [1.807, 2.05) is 37.2 Å². The maximum atomic E-state index is 5.47. The Morgan fingerprint density at radius 3 is 2.29 bits per heavy atom. The molecule has 0 fully saturated rings. The summed E-state index contributed by atoms with van der Waals surface area (Å²) in [6.07, 6.45) is 0. The molecule has 0 N–H and O–H groups in total. The molecule has 2 aromatic carbocycles. The lowest BCUT2D eigenvalue weighted by molar-refractivity contribution is 0.356. The number of rotatable bonds is 3. The van der Waals surface area contributed by atoms with E-state index in [2.05, 4.69) is 12.1 Å². The van der Waals surface area contributed by atoms with E-state index >= 15 is 0 Å². The minimum Gasteiger partial charge on any atom is -0.493 e. The van der Waals surface area contributed by atoms with Gasteiger partial charge in [0.25, 0.3) is 0 Å². The fourth-order valence-corrected chi connectivity index (χ4v) is 2.08. The van der Waals surface area contributed by atoms with Gasteiger partial charge in [0.2, 0.25) is 0 Å². The van der Waals surface area contributed by atoms with Crippen molar-refractivity contribution >= 4 is 16.5 Å². The maximum Gasteiger partial charge on any atom is 0.184 e. The molecule has 2 aromatic rings. The van der Waals surface area contributed by atoms with Gasteiger partial charge in [0.15, 0.2) is 11.5 Å². The van der Waals surface area contributed by atoms with E-state index in [1.165, 1.54) is 0 Å². The molecule has 0 aromatic heterocycles. The Morgan fingerprint density at radius 1 is 1.00 bits per heavy atom. The molecule has 0 saturated heterocycles. The summed E-state index contributed by atoms with van der Waals surface area (Å²) in [7, 11) is 7.33. The van der Waals surface area contributed by atoms with Gasteiger partial charge in [-0.3, -0.25) is 0 Å². The first-order valence-electron chi connectivity index (χ1n) is 5.50. The average molecular weight is 231 g/mol. The average Bonchev–Trinajstić information content (AvgIpc) is 2.35. The second kappa shape index (κ2) is 4.53. The van der Waals surface area contributed by atoms with Gasteiger partial charge in [-0.05, 0) is 11.5 Å². The molecule has 0 spiro atoms. The highest BCUT2D eigenvalue weighted by Gasteiger charge is 2.15. The van der Waals surface area contributed by atoms with Crippen molar-refractivity contribution in [2.75, 3.05) is 33.2 Å². The molecule has 2 rings (SSSR count). The summed E-state index contributed by atoms with van der Waals surface area (Å²) >= 11 is 0. The molecule has 0 aliphatic heterocycles. The van der Waals surface area contributed by atoms with E-state index in [4.69, 9.17) is 9.47 Å². The number of anilines is 1. The Balaban J connectivity index is 2.86. The molecule has 3 heteroatoms. The standard InChI is InChI=1S/C14H17NO2/c1-15(2)13-11-8-6-5-7-10(11)9-12(16-3)14(13)17-4/h5-9H,1-4H3. The summed E-state index contributed by atoms with van der Waals surface area (Å²) in [5.74, 6) is 1.53. The van der Waals surface area contributed by atoms with Crippen LogP contribution in [0.5, 0.6) is 11.5 Å². The highest BCUT2D eigenvalue weighted by Crippen LogP contribution is 2.42. The first-order chi connectivity index (χ1) is 8.19. The molecule has 3 nitrogen and oxygen atoms in total. The normalized spacial score (nSPS) is 10.4. The summed E-state index contributed by atoms with van der Waals surface area (Å²) in [5, 5.41) is 2.31. The van der Waals surface area contributed by atoms with Crippen molar-refractivity contribution in [3.05, 3.63) is 30.3 Å². The smallest absolute Gasteiger partial charge is 0.184 e. The topological polar surface area (TPSA) is 21.7 Å². The van der Waals surface area contributed by atoms with Gasteiger partial charge in [-0.15, -0.1) is 0 Å². The summed E-state index contributed by atoms with van der Waals surface area (Å²) in [5.41, 5.74) is 1.04. The Hall–Kier alpha value is -1.90. The van der Waals surface area contributed by atoms with E-state index < -0.39 is 0 Å². The number of methoxy groups -OCH3 is 2. The number of hydrogen-bond donors (Lipinski definition) is 0. The third kappa shape index (κ3) is 1.88. The molecule has 0 radical (unpaired) electrons. The van der Waals surface area contributed by atoms with Gasteiger partial charge in [0.1, 0.15) is 0 Å². The Morgan fingerprint density at radius 2 is 1.71 bits per heavy atom. The molecule has 90 valence electrons. The minimum absolute atomic E-state index is 0.759. The second-order valence-corrected chi connectivity index (χ2v) is 4.08. The van der Waals surface area contributed by atoms with Crippen LogP contribution in [0.3, 0.4) is 0 Å². The molecule has 17 heavy (non-hydrogen) atoms. The van der Waals surface area contributed by atoms with Crippen LogP contribution in [0.2, 0.25) is 0 Å². The molecular weight excluding hydrogens is 214 g/mol. The van der Waals surface area contributed by atoms with E-state index in [0.717, 1.165) is 28.0 Å². The molecular formula is C14H17NO2. The predicted molar refractivity (Wildman–Crippen MR) is 71.4 cm³/mol. The molecule has 0 heterocycles. The molecule has 0 amide bonds. The van der Waals surface area contributed by atoms with E-state index in [0.29, 0.717) is 0 Å². The van der Waals surface area contributed by atoms with Crippen LogP contribution in [0.15, 0.2) is 30.3 Å². The fraction of sp³-hybridized carbons (Fsp3) is 0.286. The number of hydrogen-bond acceptors (Lipinski definition) is 3. The van der Waals surface area contributed by atoms with E-state index in [-0.39, 0.29) is 0 Å². The van der Waals surface area contributed by atoms with Crippen molar-refractivity contribution in [3.63, 3.8) is 0 Å². The van der Waals surface area contributed by atoms with Crippen LogP contribution < -0.4 is 14.4 Å². The van der Waals surface area contributed by atoms with Crippen molar-refractivity contribution in [1.29, 1.82) is 0 Å². The Labute approximate surface area is 102 Å². The van der Waals surface area contributed by atoms with Crippen molar-refractivity contribution in [2.45, 2.75) is 0 Å². The van der Waals surface area contributed by atoms with Crippen LogP contribution in [0.1, 0.15) is 0 Å². The van der Waals surface area contributed by atoms with Crippen molar-refractivity contribution < 1.29 is 9.47 Å². The molecule has 0 aliphatic rings. The van der Waals surface area contributed by atoms with Crippen molar-refractivity contribution in [3.8, 4) is 11.5 Å². The van der Waals surface area contributed by atoms with Crippen LogP contribution in [0, 0.1) is 0 Å². The Bertz CT molecular complexity index is 535. The van der Waals surface area contributed by atoms with Gasteiger partial charge in [-0.2, -0.15) is 0 Å². The van der Waals surface area contributed by atoms with Gasteiger partial charge in [-0.25, -0.2) is 0 Å². The zero-order valence-electron chi connectivity index (χ0n) is 10.7. The van der Waals surface area contributed by atoms with E-state index in [1.54, 1.807) is 14.2 Å². The Kier molecular flexibility index (Phi) is 3.09. The zero-order chi connectivity index (χ0) is 12.4. The number of nitrogens with zero attached hydrogens (tertiary/aromatic N) is 1. The highest BCUT2D eigenvalue weighted by molar-refractivity contribution is 5.99. The van der Waals surface area contributed by atoms with Crippen molar-refractivity contribution in [2.24, 2.45) is 0 Å². The highest BCUT2D eigenvalue weighted by atomic mass is 16.5. The predicted octanol–water partition coefficient (Wildman–Crippen LogP) is 2.92. The lowest BCUT2D eigenvalue weighted by Crippen LogP contribution is -2.11. The largest absolute Gasteiger partial charge is 0.493 e. The van der Waals surface area contributed by atoms with Crippen LogP contribution in [-0.4, -0.2) is 28.3 Å². The lowest BCUT2D eigenvalue weighted by atomic mass is 10.1. The first kappa shape index (κ1) is 11.6. The van der Waals surface area contributed by atoms with Crippen LogP contribution in [0.25, 0.3) is 10.8 Å². The van der Waals surface area contributed by atoms with Gasteiger partial charge < -0.3 is 14.4 Å². The third-order valence-electron chi connectivity index (χ3n) is 2.81. The number of ether oxygens (including phenoxy) is 2. The zero-order valence-corrected chi connectivity index (χ0v) is 10.7. The summed E-state index contributed by atoms with van der Waals surface area (Å²) in [6, 6.07) is 10.2. The molecule has 0 bridgehead atoms. The van der Waals surface area contributed by atoms with Crippen LogP contribution in [0.4, 0.5) is 5.69 Å². The van der Waals surface area contributed by atoms with Gasteiger partial charge in [0.05, 0.1) is 19.9 Å². The monoisotopic (exact) mass is 231 g/mol. The van der Waals surface area contributed by atoms with Gasteiger partial charge in [-0.1, -0.05) is 24.3 Å². The minimum atomic E-state index is 0.759. The van der Waals surface area contributed by atoms with Gasteiger partial charge in [0, 0.05) is 19.5 Å². The van der Waals surface area contributed by atoms with Gasteiger partial charge >= 0.3 is 0 Å². The summed E-state index contributed by atoms with van der Waals surface area (Å²) < 4.78 is 10.9. The SMILES string of the molecule is COc1cc2ccccc2c(N(C)C)c1OC. The maximum absolute atomic E-state index is 5.47. The number of fused-ring (bicyclic) bond motifs is 1. The lowest BCUT2D eigenvalue weighted by Gasteiger charge is -2.21. The van der Waals surface area contributed by atoms with Crippen LogP contribution >= 0.6 is 0 Å². The first-order valence-corrected chi connectivity index (χ1v) is 5.50. The summed E-state index contributed by atoms with van der Waals surface area (Å²) in [6.45, 7) is 0. The third-order valence-corrected chi connectivity index (χ3v) is 2.81. The quantitative estimate of drug-likeness (QED) is 0.810. The van der Waals surface area contributed by atoms with E-state index in [9.17, 15) is 0 Å².